The third-order valence-electron chi connectivity index (χ3n) is 7.85. The van der Waals surface area contributed by atoms with Crippen LogP contribution in [0, 0.1) is 25.1 Å². The maximum atomic E-state index is 16.3. The first-order valence-electron chi connectivity index (χ1n) is 14.1. The summed E-state index contributed by atoms with van der Waals surface area (Å²) >= 11 is 0. The minimum absolute atomic E-state index is 0.0349. The summed E-state index contributed by atoms with van der Waals surface area (Å²) in [5.41, 5.74) is 1.99. The molecule has 0 unspecified atom stereocenters. The Balaban J connectivity index is 1.53. The number of fused-ring (bicyclic) bond motifs is 1. The van der Waals surface area contributed by atoms with Crippen LogP contribution < -0.4 is 15.0 Å². The molecule has 1 aromatic heterocycles. The number of benzene rings is 3. The van der Waals surface area contributed by atoms with Gasteiger partial charge in [-0.15, -0.1) is 0 Å². The van der Waals surface area contributed by atoms with E-state index in [4.69, 9.17) is 9.15 Å². The maximum Gasteiger partial charge on any atom is 0.281 e. The molecule has 9 heteroatoms. The summed E-state index contributed by atoms with van der Waals surface area (Å²) in [5, 5.41) is 14.2. The zero-order valence-electron chi connectivity index (χ0n) is 24.4. The highest BCUT2D eigenvalue weighted by atomic mass is 19.1. The third-order valence-corrected chi connectivity index (χ3v) is 7.85. The number of phenolic OH excluding ortho intramolecular Hbond substituents is 1. The molecule has 1 amide bonds. The molecular formula is C34H32FN3O5. The summed E-state index contributed by atoms with van der Waals surface area (Å²) in [5.74, 6) is -0.681. The van der Waals surface area contributed by atoms with Gasteiger partial charge < -0.3 is 19.6 Å². The van der Waals surface area contributed by atoms with Gasteiger partial charge in [-0.25, -0.2) is 9.37 Å². The number of rotatable bonds is 5. The van der Waals surface area contributed by atoms with Gasteiger partial charge in [0.25, 0.3) is 5.91 Å². The summed E-state index contributed by atoms with van der Waals surface area (Å²) in [7, 11) is 0. The van der Waals surface area contributed by atoms with E-state index in [2.05, 4.69) is 10.3 Å². The number of aromatic hydroxyl groups is 1. The van der Waals surface area contributed by atoms with Crippen LogP contribution in [-0.2, 0) is 11.4 Å². The Morgan fingerprint density at radius 3 is 2.58 bits per heavy atom. The SMILES string of the molecule is Cc1nc(C(=O)N2c3cccc(O)c3NC3=C(C(=O)CC(C)(C)C3)[C@@H]2c2ccc(OCc3ccccc3)cc2F)c(C)o1. The number of allylic oxidation sites excluding steroid dienone is 1. The van der Waals surface area contributed by atoms with E-state index in [1.165, 1.54) is 17.0 Å². The molecule has 0 bridgehead atoms. The van der Waals surface area contributed by atoms with Crippen LogP contribution in [0.5, 0.6) is 11.5 Å². The number of halogens is 1. The van der Waals surface area contributed by atoms with Gasteiger partial charge in [-0.05, 0) is 48.6 Å². The van der Waals surface area contributed by atoms with E-state index in [0.29, 0.717) is 23.8 Å². The van der Waals surface area contributed by atoms with Gasteiger partial charge in [-0.2, -0.15) is 0 Å². The van der Waals surface area contributed by atoms with Gasteiger partial charge in [0.05, 0.1) is 11.7 Å². The second-order valence-corrected chi connectivity index (χ2v) is 11.8. The van der Waals surface area contributed by atoms with E-state index in [0.717, 1.165) is 5.56 Å². The number of ether oxygens (including phenoxy) is 1. The highest BCUT2D eigenvalue weighted by molar-refractivity contribution is 6.12. The molecule has 1 atom stereocenters. The number of amides is 1. The molecule has 2 N–H and O–H groups in total. The second kappa shape index (κ2) is 10.7. The highest BCUT2D eigenvalue weighted by Crippen LogP contribution is 2.51. The standard InChI is InChI=1S/C34H32FN3O5/c1-19-30(36-20(2)43-19)33(41)38-26-11-8-12-27(39)31(26)37-25-16-34(3,4)17-28(40)29(25)32(38)23-14-13-22(15-24(23)35)42-18-21-9-6-5-7-10-21/h5-15,32,37,39H,16-18H2,1-4H3/t32-/m0/s1. The number of nitrogens with zero attached hydrogens (tertiary/aromatic N) is 2. The molecule has 1 aliphatic carbocycles. The number of hydrogen-bond acceptors (Lipinski definition) is 7. The van der Waals surface area contributed by atoms with Gasteiger partial charge in [-0.3, -0.25) is 14.5 Å². The Bertz CT molecular complexity index is 1780. The first-order chi connectivity index (χ1) is 20.5. The number of nitrogens with one attached hydrogen (secondary N) is 1. The van der Waals surface area contributed by atoms with E-state index >= 15 is 4.39 Å². The van der Waals surface area contributed by atoms with Crippen LogP contribution in [0.25, 0.3) is 0 Å². The summed E-state index contributed by atoms with van der Waals surface area (Å²) in [6.07, 6.45) is 0.652. The Morgan fingerprint density at radius 2 is 1.88 bits per heavy atom. The molecule has 4 aromatic rings. The average molecular weight is 582 g/mol. The van der Waals surface area contributed by atoms with Crippen molar-refractivity contribution in [1.82, 2.24) is 4.98 Å². The molecule has 0 saturated heterocycles. The van der Waals surface area contributed by atoms with Crippen molar-refractivity contribution in [2.24, 2.45) is 5.41 Å². The monoisotopic (exact) mass is 581 g/mol. The smallest absolute Gasteiger partial charge is 0.281 e. The number of oxazole rings is 1. The highest BCUT2D eigenvalue weighted by Gasteiger charge is 2.45. The van der Waals surface area contributed by atoms with Gasteiger partial charge in [0.15, 0.2) is 17.4 Å². The molecule has 2 heterocycles. The molecule has 43 heavy (non-hydrogen) atoms. The minimum Gasteiger partial charge on any atom is -0.506 e. The Hall–Kier alpha value is -4.92. The first-order valence-corrected chi connectivity index (χ1v) is 14.1. The number of carbonyl (C=O) groups excluding carboxylic acids is 2. The first kappa shape index (κ1) is 28.2. The van der Waals surface area contributed by atoms with E-state index in [-0.39, 0.29) is 58.5 Å². The normalized spacial score (nSPS) is 17.6. The molecular weight excluding hydrogens is 549 g/mol. The van der Waals surface area contributed by atoms with Crippen LogP contribution in [0.4, 0.5) is 15.8 Å². The zero-order valence-corrected chi connectivity index (χ0v) is 24.4. The lowest BCUT2D eigenvalue weighted by atomic mass is 9.73. The van der Waals surface area contributed by atoms with Gasteiger partial charge in [-0.1, -0.05) is 50.2 Å². The van der Waals surface area contributed by atoms with Gasteiger partial charge in [0, 0.05) is 36.2 Å². The lowest BCUT2D eigenvalue weighted by Crippen LogP contribution is -2.40. The van der Waals surface area contributed by atoms with Crippen LogP contribution in [-0.4, -0.2) is 21.8 Å². The minimum atomic E-state index is -1.17. The fourth-order valence-electron chi connectivity index (χ4n) is 5.96. The number of Topliss-reactive ketones (excluding diaryl/α,β-unsaturated/α-hetero) is 1. The lowest BCUT2D eigenvalue weighted by Gasteiger charge is -2.37. The molecule has 8 nitrogen and oxygen atoms in total. The third kappa shape index (κ3) is 5.27. The predicted molar refractivity (Wildman–Crippen MR) is 159 cm³/mol. The molecule has 0 fully saturated rings. The zero-order chi connectivity index (χ0) is 30.5. The predicted octanol–water partition coefficient (Wildman–Crippen LogP) is 7.17. The number of hydrogen-bond donors (Lipinski definition) is 2. The molecule has 0 saturated carbocycles. The number of para-hydroxylation sites is 1. The van der Waals surface area contributed by atoms with Crippen LogP contribution in [0.3, 0.4) is 0 Å². The Kier molecular flexibility index (Phi) is 7.04. The van der Waals surface area contributed by atoms with Crippen LogP contribution in [0.15, 0.2) is 82.4 Å². The van der Waals surface area contributed by atoms with Gasteiger partial charge >= 0.3 is 0 Å². The number of aryl methyl sites for hydroxylation is 2. The molecule has 3 aromatic carbocycles. The van der Waals surface area contributed by atoms with Crippen molar-refractivity contribution in [3.63, 3.8) is 0 Å². The Labute approximate surface area is 248 Å². The second-order valence-electron chi connectivity index (χ2n) is 11.8. The number of phenols is 1. The summed E-state index contributed by atoms with van der Waals surface area (Å²) < 4.78 is 27.7. The van der Waals surface area contributed by atoms with Crippen molar-refractivity contribution in [2.45, 2.75) is 53.2 Å². The molecule has 2 aliphatic rings. The molecule has 6 rings (SSSR count). The molecule has 0 spiro atoms. The van der Waals surface area contributed by atoms with Gasteiger partial charge in [0.2, 0.25) is 0 Å². The van der Waals surface area contributed by atoms with Gasteiger partial charge in [0.1, 0.15) is 35.4 Å². The van der Waals surface area contributed by atoms with Crippen LogP contribution in [0.1, 0.15) is 66.0 Å². The van der Waals surface area contributed by atoms with Crippen molar-refractivity contribution in [1.29, 1.82) is 0 Å². The van der Waals surface area contributed by atoms with Crippen LogP contribution in [0.2, 0.25) is 0 Å². The number of ketones is 1. The molecule has 1 aliphatic heterocycles. The van der Waals surface area contributed by atoms with Crippen LogP contribution >= 0.6 is 0 Å². The van der Waals surface area contributed by atoms with E-state index in [1.54, 1.807) is 38.1 Å². The summed E-state index contributed by atoms with van der Waals surface area (Å²) in [6, 6.07) is 17.6. The number of carbonyl (C=O) groups is 2. The van der Waals surface area contributed by atoms with Crippen molar-refractivity contribution in [3.8, 4) is 11.5 Å². The average Bonchev–Trinajstić information content (AvgIpc) is 3.22. The number of anilines is 2. The summed E-state index contributed by atoms with van der Waals surface area (Å²) in [6.45, 7) is 7.46. The fourth-order valence-corrected chi connectivity index (χ4v) is 5.96. The lowest BCUT2D eigenvalue weighted by molar-refractivity contribution is -0.118. The quantitative estimate of drug-likeness (QED) is 0.241. The van der Waals surface area contributed by atoms with E-state index in [1.807, 2.05) is 44.2 Å². The van der Waals surface area contributed by atoms with Crippen molar-refractivity contribution < 1.29 is 28.2 Å². The maximum absolute atomic E-state index is 16.3. The Morgan fingerprint density at radius 1 is 1.12 bits per heavy atom. The molecule has 0 radical (unpaired) electrons. The van der Waals surface area contributed by atoms with E-state index in [9.17, 15) is 14.7 Å². The van der Waals surface area contributed by atoms with Crippen molar-refractivity contribution in [3.05, 3.63) is 112 Å². The largest absolute Gasteiger partial charge is 0.506 e. The summed E-state index contributed by atoms with van der Waals surface area (Å²) in [4.78, 5) is 34.0. The van der Waals surface area contributed by atoms with Crippen molar-refractivity contribution in [2.75, 3.05) is 10.2 Å². The number of aromatic nitrogens is 1. The van der Waals surface area contributed by atoms with E-state index < -0.39 is 23.2 Å². The molecule has 220 valence electrons. The topological polar surface area (TPSA) is 105 Å². The fraction of sp³-hybridized carbons (Fsp3) is 0.265. The van der Waals surface area contributed by atoms with Crippen molar-refractivity contribution >= 4 is 23.1 Å².